The van der Waals surface area contributed by atoms with Crippen LogP contribution in [0.3, 0.4) is 0 Å². The molecule has 4 nitrogen and oxygen atoms in total. The molecule has 0 radical (unpaired) electrons. The number of carbonyl (C=O) groups excluding carboxylic acids is 2. The molecule has 0 spiro atoms. The van der Waals surface area contributed by atoms with Crippen LogP contribution in [0.15, 0.2) is 18.2 Å². The van der Waals surface area contributed by atoms with Crippen LogP contribution in [0.5, 0.6) is 0 Å². The first kappa shape index (κ1) is 17.0. The van der Waals surface area contributed by atoms with Crippen molar-refractivity contribution in [2.45, 2.75) is 6.18 Å². The van der Waals surface area contributed by atoms with Crippen LogP contribution in [-0.2, 0) is 15.8 Å². The van der Waals surface area contributed by atoms with Crippen LogP contribution in [0.4, 0.5) is 24.5 Å². The lowest BCUT2D eigenvalue weighted by molar-refractivity contribution is -0.137. The highest BCUT2D eigenvalue weighted by Crippen LogP contribution is 2.33. The Morgan fingerprint density at radius 3 is 1.65 bits per heavy atom. The van der Waals surface area contributed by atoms with E-state index in [2.05, 4.69) is 42.5 Å². The summed E-state index contributed by atoms with van der Waals surface area (Å²) in [7, 11) is 0. The van der Waals surface area contributed by atoms with E-state index in [1.54, 1.807) is 0 Å². The number of hydrogen-bond acceptors (Lipinski definition) is 2. The average Bonchev–Trinajstić information content (AvgIpc) is 2.37. The first-order valence-electron chi connectivity index (χ1n) is 5.20. The van der Waals surface area contributed by atoms with Crippen LogP contribution >= 0.6 is 31.9 Å². The third-order valence-electron chi connectivity index (χ3n) is 2.07. The van der Waals surface area contributed by atoms with E-state index in [-0.39, 0.29) is 22.0 Å². The van der Waals surface area contributed by atoms with Gasteiger partial charge in [0.05, 0.1) is 16.2 Å². The first-order valence-corrected chi connectivity index (χ1v) is 7.44. The molecule has 0 fully saturated rings. The van der Waals surface area contributed by atoms with E-state index in [4.69, 9.17) is 0 Å². The number of alkyl halides is 5. The molecular weight excluding hydrogens is 409 g/mol. The van der Waals surface area contributed by atoms with Crippen LogP contribution in [0, 0.1) is 0 Å². The zero-order chi connectivity index (χ0) is 15.3. The summed E-state index contributed by atoms with van der Waals surface area (Å²) in [5.41, 5.74) is -1.06. The highest BCUT2D eigenvalue weighted by Gasteiger charge is 2.31. The Labute approximate surface area is 129 Å². The summed E-state index contributed by atoms with van der Waals surface area (Å²) in [6.07, 6.45) is -4.58. The maximum atomic E-state index is 12.7. The van der Waals surface area contributed by atoms with Crippen molar-refractivity contribution in [1.82, 2.24) is 0 Å². The Kier molecular flexibility index (Phi) is 6.00. The van der Waals surface area contributed by atoms with Crippen LogP contribution in [0.25, 0.3) is 0 Å². The van der Waals surface area contributed by atoms with Crippen LogP contribution < -0.4 is 10.6 Å². The van der Waals surface area contributed by atoms with Crippen LogP contribution in [0.2, 0.25) is 0 Å². The Morgan fingerprint density at radius 2 is 1.35 bits per heavy atom. The molecule has 0 bridgehead atoms. The molecule has 0 heterocycles. The summed E-state index contributed by atoms with van der Waals surface area (Å²) in [6.45, 7) is 0. The molecule has 1 rings (SSSR count). The maximum absolute atomic E-state index is 12.7. The lowest BCUT2D eigenvalue weighted by Gasteiger charge is -2.13. The van der Waals surface area contributed by atoms with Crippen molar-refractivity contribution in [2.75, 3.05) is 21.3 Å². The number of rotatable bonds is 4. The number of benzene rings is 1. The molecule has 9 heteroatoms. The van der Waals surface area contributed by atoms with E-state index in [1.807, 2.05) is 0 Å². The predicted octanol–water partition coefficient (Wildman–Crippen LogP) is 3.37. The second-order valence-electron chi connectivity index (χ2n) is 3.66. The minimum atomic E-state index is -4.58. The highest BCUT2D eigenvalue weighted by atomic mass is 79.9. The average molecular weight is 418 g/mol. The van der Waals surface area contributed by atoms with Crippen molar-refractivity contribution in [1.29, 1.82) is 0 Å². The minimum Gasteiger partial charge on any atom is -0.325 e. The Bertz CT molecular complexity index is 485. The molecule has 2 amide bonds. The van der Waals surface area contributed by atoms with Gasteiger partial charge in [-0.2, -0.15) is 13.2 Å². The van der Waals surface area contributed by atoms with E-state index in [0.29, 0.717) is 0 Å². The number of amides is 2. The number of halogens is 5. The number of anilines is 2. The van der Waals surface area contributed by atoms with Gasteiger partial charge in [-0.15, -0.1) is 0 Å². The SMILES string of the molecule is O=C(CBr)Nc1cc(NC(=O)CBr)cc(C(F)(F)F)c1. The fourth-order valence-corrected chi connectivity index (χ4v) is 1.60. The van der Waals surface area contributed by atoms with Gasteiger partial charge in [0.2, 0.25) is 11.8 Å². The van der Waals surface area contributed by atoms with Crippen molar-refractivity contribution in [3.63, 3.8) is 0 Å². The van der Waals surface area contributed by atoms with Gasteiger partial charge in [-0.3, -0.25) is 9.59 Å². The standard InChI is InChI=1S/C11H9Br2F3N2O2/c12-4-9(19)17-7-1-6(11(14,15)16)2-8(3-7)18-10(20)5-13/h1-3H,4-5H2,(H,17,19)(H,18,20). The summed E-state index contributed by atoms with van der Waals surface area (Å²) in [5.74, 6) is -0.996. The smallest absolute Gasteiger partial charge is 0.325 e. The molecule has 1 aromatic rings. The summed E-state index contributed by atoms with van der Waals surface area (Å²) in [6, 6.07) is 2.84. The molecule has 0 aliphatic heterocycles. The molecule has 2 N–H and O–H groups in total. The van der Waals surface area contributed by atoms with E-state index in [9.17, 15) is 22.8 Å². The molecule has 0 unspecified atom stereocenters. The Hall–Kier alpha value is -1.09. The van der Waals surface area contributed by atoms with Crippen molar-refractivity contribution in [3.05, 3.63) is 23.8 Å². The fourth-order valence-electron chi connectivity index (χ4n) is 1.32. The molecule has 0 aliphatic carbocycles. The summed E-state index contributed by atoms with van der Waals surface area (Å²) in [5, 5.41) is 4.48. The van der Waals surface area contributed by atoms with Crippen molar-refractivity contribution in [3.8, 4) is 0 Å². The summed E-state index contributed by atoms with van der Waals surface area (Å²) < 4.78 is 38.2. The Balaban J connectivity index is 3.14. The summed E-state index contributed by atoms with van der Waals surface area (Å²) in [4.78, 5) is 22.4. The van der Waals surface area contributed by atoms with Crippen molar-refractivity contribution in [2.24, 2.45) is 0 Å². The number of nitrogens with one attached hydrogen (secondary N) is 2. The Morgan fingerprint density at radius 1 is 0.950 bits per heavy atom. The topological polar surface area (TPSA) is 58.2 Å². The molecule has 1 aromatic carbocycles. The molecular formula is C11H9Br2F3N2O2. The van der Waals surface area contributed by atoms with E-state index in [0.717, 1.165) is 12.1 Å². The molecule has 0 aliphatic rings. The molecule has 0 saturated carbocycles. The summed E-state index contributed by atoms with van der Waals surface area (Å²) >= 11 is 5.78. The minimum absolute atomic E-state index is 0.0471. The van der Waals surface area contributed by atoms with Gasteiger partial charge >= 0.3 is 6.18 Å². The van der Waals surface area contributed by atoms with Gasteiger partial charge in [0.1, 0.15) is 0 Å². The van der Waals surface area contributed by atoms with E-state index >= 15 is 0 Å². The molecule has 0 aromatic heterocycles. The van der Waals surface area contributed by atoms with E-state index < -0.39 is 23.6 Å². The zero-order valence-electron chi connectivity index (χ0n) is 9.85. The number of hydrogen-bond donors (Lipinski definition) is 2. The normalized spacial score (nSPS) is 11.1. The second kappa shape index (κ2) is 7.07. The van der Waals surface area contributed by atoms with Crippen molar-refractivity contribution >= 4 is 55.0 Å². The highest BCUT2D eigenvalue weighted by molar-refractivity contribution is 9.09. The fraction of sp³-hybridized carbons (Fsp3) is 0.273. The van der Waals surface area contributed by atoms with Crippen molar-refractivity contribution < 1.29 is 22.8 Å². The second-order valence-corrected chi connectivity index (χ2v) is 4.78. The van der Waals surface area contributed by atoms with Gasteiger partial charge in [-0.05, 0) is 18.2 Å². The van der Waals surface area contributed by atoms with Crippen LogP contribution in [0.1, 0.15) is 5.56 Å². The largest absolute Gasteiger partial charge is 0.416 e. The maximum Gasteiger partial charge on any atom is 0.416 e. The lowest BCUT2D eigenvalue weighted by Crippen LogP contribution is -2.16. The van der Waals surface area contributed by atoms with E-state index in [1.165, 1.54) is 6.07 Å². The van der Waals surface area contributed by atoms with Gasteiger partial charge in [-0.25, -0.2) is 0 Å². The monoisotopic (exact) mass is 416 g/mol. The molecule has 20 heavy (non-hydrogen) atoms. The van der Waals surface area contributed by atoms with Gasteiger partial charge in [-0.1, -0.05) is 31.9 Å². The van der Waals surface area contributed by atoms with Crippen LogP contribution in [-0.4, -0.2) is 22.5 Å². The first-order chi connectivity index (χ1) is 9.26. The molecule has 0 atom stereocenters. The number of carbonyl (C=O) groups is 2. The van der Waals surface area contributed by atoms with Gasteiger partial charge < -0.3 is 10.6 Å². The van der Waals surface area contributed by atoms with Gasteiger partial charge in [0.15, 0.2) is 0 Å². The predicted molar refractivity (Wildman–Crippen MR) is 76.3 cm³/mol. The van der Waals surface area contributed by atoms with Gasteiger partial charge in [0, 0.05) is 11.4 Å². The third-order valence-corrected chi connectivity index (χ3v) is 3.09. The lowest BCUT2D eigenvalue weighted by atomic mass is 10.1. The van der Waals surface area contributed by atoms with Gasteiger partial charge in [0.25, 0.3) is 0 Å². The quantitative estimate of drug-likeness (QED) is 0.738. The molecule has 110 valence electrons. The molecule has 0 saturated heterocycles. The zero-order valence-corrected chi connectivity index (χ0v) is 13.0. The third kappa shape index (κ3) is 5.12.